The predicted octanol–water partition coefficient (Wildman–Crippen LogP) is 3.05. The molecule has 2 aliphatic rings. The number of carbonyl (C=O) groups excluding carboxylic acids is 1. The maximum Gasteiger partial charge on any atom is 0.306 e. The summed E-state index contributed by atoms with van der Waals surface area (Å²) in [4.78, 5) is 23.0. The third-order valence-corrected chi connectivity index (χ3v) is 5.01. The van der Waals surface area contributed by atoms with Gasteiger partial charge in [-0.1, -0.05) is 19.4 Å². The van der Waals surface area contributed by atoms with Crippen LogP contribution in [0.3, 0.4) is 0 Å². The molecule has 0 aromatic carbocycles. The molecule has 18 heavy (non-hydrogen) atoms. The molecule has 3 heteroatoms. The van der Waals surface area contributed by atoms with Gasteiger partial charge in [0.1, 0.15) is 0 Å². The first kappa shape index (κ1) is 13.3. The molecule has 4 atom stereocenters. The van der Waals surface area contributed by atoms with Crippen LogP contribution in [0.15, 0.2) is 11.1 Å². The standard InChI is InChI=1S/C15H22O3/c1-8-4-5-11(9(2)15(17)18)6-13-10(3)14(16)7-12(8)13/h8-9,11-12H,4-7H2,1-3H3,(H,17,18)/t8-,9-,11+,12-/m0/s1. The molecule has 0 saturated heterocycles. The maximum absolute atomic E-state index is 11.8. The maximum atomic E-state index is 11.8. The summed E-state index contributed by atoms with van der Waals surface area (Å²) in [5.74, 6) is 0.313. The van der Waals surface area contributed by atoms with Gasteiger partial charge in [-0.3, -0.25) is 9.59 Å². The van der Waals surface area contributed by atoms with E-state index < -0.39 is 5.97 Å². The molecule has 100 valence electrons. The van der Waals surface area contributed by atoms with Gasteiger partial charge in [0.05, 0.1) is 5.92 Å². The number of rotatable bonds is 2. The van der Waals surface area contributed by atoms with Crippen LogP contribution in [0.2, 0.25) is 0 Å². The number of carboxylic acid groups (broad SMARTS) is 1. The van der Waals surface area contributed by atoms with Crippen molar-refractivity contribution in [3.8, 4) is 0 Å². The Balaban J connectivity index is 2.26. The Labute approximate surface area is 108 Å². The molecule has 0 heterocycles. The molecular weight excluding hydrogens is 228 g/mol. The summed E-state index contributed by atoms with van der Waals surface area (Å²) < 4.78 is 0. The summed E-state index contributed by atoms with van der Waals surface area (Å²) in [6, 6.07) is 0. The van der Waals surface area contributed by atoms with Crippen molar-refractivity contribution < 1.29 is 14.7 Å². The van der Waals surface area contributed by atoms with Crippen LogP contribution >= 0.6 is 0 Å². The fraction of sp³-hybridized carbons (Fsp3) is 0.733. The number of fused-ring (bicyclic) bond motifs is 1. The first-order valence-corrected chi connectivity index (χ1v) is 6.87. The molecule has 0 spiro atoms. The molecule has 2 rings (SSSR count). The van der Waals surface area contributed by atoms with Gasteiger partial charge in [0.25, 0.3) is 0 Å². The summed E-state index contributed by atoms with van der Waals surface area (Å²) in [5, 5.41) is 9.17. The molecule has 0 amide bonds. The van der Waals surface area contributed by atoms with Gasteiger partial charge in [-0.15, -0.1) is 0 Å². The quantitative estimate of drug-likeness (QED) is 0.819. The second-order valence-electron chi connectivity index (χ2n) is 6.03. The summed E-state index contributed by atoms with van der Waals surface area (Å²) in [5.41, 5.74) is 2.17. The highest BCUT2D eigenvalue weighted by Gasteiger charge is 2.38. The summed E-state index contributed by atoms with van der Waals surface area (Å²) in [7, 11) is 0. The summed E-state index contributed by atoms with van der Waals surface area (Å²) >= 11 is 0. The van der Waals surface area contributed by atoms with E-state index in [1.165, 1.54) is 5.57 Å². The Morgan fingerprint density at radius 2 is 2.00 bits per heavy atom. The van der Waals surface area contributed by atoms with E-state index in [1.807, 2.05) is 6.92 Å². The smallest absolute Gasteiger partial charge is 0.306 e. The summed E-state index contributed by atoms with van der Waals surface area (Å²) in [6.07, 6.45) is 3.46. The van der Waals surface area contributed by atoms with Crippen LogP contribution in [0.25, 0.3) is 0 Å². The van der Waals surface area contributed by atoms with Crippen LogP contribution in [-0.4, -0.2) is 16.9 Å². The number of Topliss-reactive ketones (excluding diaryl/α,β-unsaturated/α-hetero) is 1. The van der Waals surface area contributed by atoms with Crippen LogP contribution < -0.4 is 0 Å². The first-order chi connectivity index (χ1) is 8.41. The highest BCUT2D eigenvalue weighted by Crippen LogP contribution is 2.45. The van der Waals surface area contributed by atoms with E-state index in [2.05, 4.69) is 6.92 Å². The molecular formula is C15H22O3. The Hall–Kier alpha value is -1.12. The number of allylic oxidation sites excluding steroid dienone is 2. The lowest BCUT2D eigenvalue weighted by atomic mass is 9.84. The monoisotopic (exact) mass is 250 g/mol. The van der Waals surface area contributed by atoms with Gasteiger partial charge in [-0.25, -0.2) is 0 Å². The Bertz CT molecular complexity index is 408. The van der Waals surface area contributed by atoms with Crippen LogP contribution in [0.1, 0.15) is 46.5 Å². The van der Waals surface area contributed by atoms with Crippen molar-refractivity contribution in [1.29, 1.82) is 0 Å². The molecule has 0 aromatic heterocycles. The van der Waals surface area contributed by atoms with E-state index in [-0.39, 0.29) is 17.6 Å². The zero-order chi connectivity index (χ0) is 13.4. The van der Waals surface area contributed by atoms with E-state index in [0.717, 1.165) is 24.8 Å². The minimum absolute atomic E-state index is 0.186. The second kappa shape index (κ2) is 4.87. The number of hydrogen-bond donors (Lipinski definition) is 1. The van der Waals surface area contributed by atoms with Crippen LogP contribution in [0.5, 0.6) is 0 Å². The Kier molecular flexibility index (Phi) is 3.60. The molecule has 1 N–H and O–H groups in total. The van der Waals surface area contributed by atoms with Crippen molar-refractivity contribution >= 4 is 11.8 Å². The minimum Gasteiger partial charge on any atom is -0.481 e. The number of carbonyl (C=O) groups is 2. The van der Waals surface area contributed by atoms with E-state index in [4.69, 9.17) is 5.11 Å². The lowest BCUT2D eigenvalue weighted by molar-refractivity contribution is -0.143. The molecule has 2 aliphatic carbocycles. The lowest BCUT2D eigenvalue weighted by Crippen LogP contribution is -2.20. The molecule has 1 fully saturated rings. The predicted molar refractivity (Wildman–Crippen MR) is 69.1 cm³/mol. The normalized spacial score (nSPS) is 34.2. The average Bonchev–Trinajstić information content (AvgIpc) is 2.50. The Morgan fingerprint density at radius 1 is 1.33 bits per heavy atom. The van der Waals surface area contributed by atoms with Gasteiger partial charge in [-0.2, -0.15) is 0 Å². The van der Waals surface area contributed by atoms with E-state index >= 15 is 0 Å². The highest BCUT2D eigenvalue weighted by atomic mass is 16.4. The molecule has 3 nitrogen and oxygen atoms in total. The molecule has 1 saturated carbocycles. The number of aliphatic carboxylic acids is 1. The molecule has 0 aliphatic heterocycles. The zero-order valence-electron chi connectivity index (χ0n) is 11.4. The zero-order valence-corrected chi connectivity index (χ0v) is 11.4. The van der Waals surface area contributed by atoms with E-state index in [1.54, 1.807) is 6.92 Å². The molecule has 0 aromatic rings. The van der Waals surface area contributed by atoms with E-state index in [9.17, 15) is 9.59 Å². The van der Waals surface area contributed by atoms with Gasteiger partial charge >= 0.3 is 5.97 Å². The SMILES string of the molecule is CC1=C2C[C@H]([C@H](C)C(=O)O)CC[C@H](C)[C@@H]2CC1=O. The minimum atomic E-state index is -0.714. The topological polar surface area (TPSA) is 54.4 Å². The molecule has 0 unspecified atom stereocenters. The fourth-order valence-corrected chi connectivity index (χ4v) is 3.47. The van der Waals surface area contributed by atoms with Crippen molar-refractivity contribution in [2.45, 2.75) is 46.5 Å². The third-order valence-electron chi connectivity index (χ3n) is 5.01. The van der Waals surface area contributed by atoms with Crippen molar-refractivity contribution in [3.63, 3.8) is 0 Å². The second-order valence-corrected chi connectivity index (χ2v) is 6.03. The largest absolute Gasteiger partial charge is 0.481 e. The average molecular weight is 250 g/mol. The summed E-state index contributed by atoms with van der Waals surface area (Å²) in [6.45, 7) is 5.91. The van der Waals surface area contributed by atoms with Crippen molar-refractivity contribution in [2.75, 3.05) is 0 Å². The van der Waals surface area contributed by atoms with Gasteiger partial charge in [0, 0.05) is 6.42 Å². The van der Waals surface area contributed by atoms with Gasteiger partial charge in [-0.05, 0) is 49.5 Å². The lowest BCUT2D eigenvalue weighted by Gasteiger charge is -2.20. The fourth-order valence-electron chi connectivity index (χ4n) is 3.47. The van der Waals surface area contributed by atoms with Crippen LogP contribution in [-0.2, 0) is 9.59 Å². The first-order valence-electron chi connectivity index (χ1n) is 6.87. The van der Waals surface area contributed by atoms with Crippen molar-refractivity contribution in [3.05, 3.63) is 11.1 Å². The van der Waals surface area contributed by atoms with Crippen molar-refractivity contribution in [1.82, 2.24) is 0 Å². The van der Waals surface area contributed by atoms with Gasteiger partial charge in [0.2, 0.25) is 0 Å². The van der Waals surface area contributed by atoms with Crippen LogP contribution in [0, 0.1) is 23.7 Å². The van der Waals surface area contributed by atoms with Crippen LogP contribution in [0.4, 0.5) is 0 Å². The Morgan fingerprint density at radius 3 is 2.61 bits per heavy atom. The van der Waals surface area contributed by atoms with Gasteiger partial charge in [0.15, 0.2) is 5.78 Å². The molecule has 0 bridgehead atoms. The third kappa shape index (κ3) is 2.23. The van der Waals surface area contributed by atoms with Crippen molar-refractivity contribution in [2.24, 2.45) is 23.7 Å². The number of carboxylic acids is 1. The van der Waals surface area contributed by atoms with Gasteiger partial charge < -0.3 is 5.11 Å². The molecule has 0 radical (unpaired) electrons. The van der Waals surface area contributed by atoms with E-state index in [0.29, 0.717) is 18.3 Å². The number of hydrogen-bond acceptors (Lipinski definition) is 2. The number of ketones is 1. The highest BCUT2D eigenvalue weighted by molar-refractivity contribution is 5.98.